The number of thiophene rings is 1. The summed E-state index contributed by atoms with van der Waals surface area (Å²) in [4.78, 5) is 15.3. The third-order valence-electron chi connectivity index (χ3n) is 11.2. The summed E-state index contributed by atoms with van der Waals surface area (Å²) in [7, 11) is 0. The third kappa shape index (κ3) is 5.96. The van der Waals surface area contributed by atoms with Gasteiger partial charge >= 0.3 is 0 Å². The van der Waals surface area contributed by atoms with Crippen molar-refractivity contribution in [3.63, 3.8) is 0 Å². The predicted octanol–water partition coefficient (Wildman–Crippen LogP) is 13.8. The van der Waals surface area contributed by atoms with Gasteiger partial charge in [0.2, 0.25) is 0 Å². The van der Waals surface area contributed by atoms with E-state index in [-0.39, 0.29) is 12.0 Å². The SMILES string of the molecule is C=C/C=C\c1ccc2ccc(C3=CC4c5c(cccc5-c5ccc(-c6nc(-c7ccccc7)nc(-c7cccc8c7sc7ccccc78)n6)cc5)OC4C=C3)cc2c1. The lowest BCUT2D eigenvalue weighted by Crippen LogP contribution is -2.17. The highest BCUT2D eigenvalue weighted by Crippen LogP contribution is 2.48. The van der Waals surface area contributed by atoms with Crippen molar-refractivity contribution < 1.29 is 4.74 Å². The molecule has 7 aromatic carbocycles. The number of allylic oxidation sites excluding steroid dienone is 4. The lowest BCUT2D eigenvalue weighted by Gasteiger charge is -2.20. The van der Waals surface area contributed by atoms with Gasteiger partial charge in [-0.15, -0.1) is 11.3 Å². The molecule has 0 spiro atoms. The average Bonchev–Trinajstić information content (AvgIpc) is 3.87. The van der Waals surface area contributed by atoms with E-state index in [1.807, 2.05) is 24.3 Å². The molecule has 0 radical (unpaired) electrons. The highest BCUT2D eigenvalue weighted by Gasteiger charge is 2.35. The molecule has 0 saturated carbocycles. The number of aromatic nitrogens is 3. The van der Waals surface area contributed by atoms with Crippen molar-refractivity contribution >= 4 is 53.9 Å². The smallest absolute Gasteiger partial charge is 0.165 e. The molecule has 1 aliphatic carbocycles. The van der Waals surface area contributed by atoms with Gasteiger partial charge in [0.1, 0.15) is 11.9 Å². The molecule has 2 aromatic heterocycles. The summed E-state index contributed by atoms with van der Waals surface area (Å²) < 4.78 is 8.98. The van der Waals surface area contributed by atoms with Crippen LogP contribution in [0, 0.1) is 0 Å². The molecule has 2 unspecified atom stereocenters. The van der Waals surface area contributed by atoms with Crippen LogP contribution in [0.5, 0.6) is 5.75 Å². The van der Waals surface area contributed by atoms with Crippen LogP contribution in [0.3, 0.4) is 0 Å². The Labute approximate surface area is 340 Å². The van der Waals surface area contributed by atoms with Gasteiger partial charge in [-0.1, -0.05) is 158 Å². The Hall–Kier alpha value is -7.21. The molecular formula is C53H35N3OS. The summed E-state index contributed by atoms with van der Waals surface area (Å²) in [5.41, 5.74) is 9.93. The number of nitrogens with zero attached hydrogens (tertiary/aromatic N) is 3. The Morgan fingerprint density at radius 1 is 0.586 bits per heavy atom. The number of fused-ring (bicyclic) bond motifs is 7. The topological polar surface area (TPSA) is 47.9 Å². The molecule has 11 rings (SSSR count). The standard InChI is InChI=1S/C53H35N3OS/c1-2-3-11-33-20-21-34-22-27-38(31-40(34)30-33)39-28-29-46-45(32-39)49-41(15-10-18-47(49)57-46)35-23-25-37(26-24-35)52-54-51(36-12-5-4-6-13-36)55-53(56-52)44-17-9-16-43-42-14-7-8-19-48(42)58-50(43)44/h2-32,45-46H,1H2/b11-3-. The molecule has 2 atom stereocenters. The van der Waals surface area contributed by atoms with E-state index in [2.05, 4.69) is 164 Å². The number of ether oxygens (including phenoxy) is 1. The fraction of sp³-hybridized carbons (Fsp3) is 0.0377. The van der Waals surface area contributed by atoms with E-state index in [9.17, 15) is 0 Å². The van der Waals surface area contributed by atoms with Crippen molar-refractivity contribution in [2.24, 2.45) is 0 Å². The first kappa shape index (κ1) is 34.1. The van der Waals surface area contributed by atoms with Crippen molar-refractivity contribution in [2.45, 2.75) is 12.0 Å². The van der Waals surface area contributed by atoms with Crippen LogP contribution in [0.15, 0.2) is 189 Å². The molecule has 9 aromatic rings. The number of rotatable bonds is 7. The van der Waals surface area contributed by atoms with Gasteiger partial charge < -0.3 is 4.74 Å². The second-order valence-electron chi connectivity index (χ2n) is 14.8. The van der Waals surface area contributed by atoms with Crippen molar-refractivity contribution in [1.82, 2.24) is 15.0 Å². The molecule has 1 aliphatic heterocycles. The van der Waals surface area contributed by atoms with Crippen LogP contribution in [-0.4, -0.2) is 21.1 Å². The minimum absolute atomic E-state index is 0.0549. The Bertz CT molecular complexity index is 3180. The van der Waals surface area contributed by atoms with Crippen molar-refractivity contribution in [2.75, 3.05) is 0 Å². The lowest BCUT2D eigenvalue weighted by molar-refractivity contribution is 0.269. The first-order valence-electron chi connectivity index (χ1n) is 19.5. The number of hydrogen-bond acceptors (Lipinski definition) is 5. The summed E-state index contributed by atoms with van der Waals surface area (Å²) in [6.07, 6.45) is 12.6. The molecule has 4 nitrogen and oxygen atoms in total. The molecule has 2 aliphatic rings. The largest absolute Gasteiger partial charge is 0.485 e. The maximum atomic E-state index is 6.56. The number of benzene rings is 7. The van der Waals surface area contributed by atoms with E-state index in [0.717, 1.165) is 39.1 Å². The van der Waals surface area contributed by atoms with E-state index in [0.29, 0.717) is 17.5 Å². The molecule has 0 fully saturated rings. The highest BCUT2D eigenvalue weighted by atomic mass is 32.1. The molecule has 3 heterocycles. The van der Waals surface area contributed by atoms with Crippen LogP contribution in [0.25, 0.3) is 87.9 Å². The van der Waals surface area contributed by atoms with Gasteiger partial charge in [-0.2, -0.15) is 0 Å². The monoisotopic (exact) mass is 761 g/mol. The van der Waals surface area contributed by atoms with Crippen LogP contribution < -0.4 is 4.74 Å². The van der Waals surface area contributed by atoms with E-state index < -0.39 is 0 Å². The summed E-state index contributed by atoms with van der Waals surface area (Å²) in [5, 5.41) is 4.89. The first-order chi connectivity index (χ1) is 28.7. The Morgan fingerprint density at radius 3 is 2.16 bits per heavy atom. The van der Waals surface area contributed by atoms with E-state index in [1.54, 1.807) is 17.4 Å². The quantitative estimate of drug-likeness (QED) is 0.152. The van der Waals surface area contributed by atoms with Crippen molar-refractivity contribution in [3.8, 4) is 51.0 Å². The maximum absolute atomic E-state index is 6.56. The molecule has 5 heteroatoms. The second kappa shape index (κ2) is 14.1. The summed E-state index contributed by atoms with van der Waals surface area (Å²) in [6.45, 7) is 3.82. The molecular weight excluding hydrogens is 727 g/mol. The van der Waals surface area contributed by atoms with Crippen LogP contribution in [0.1, 0.15) is 22.6 Å². The van der Waals surface area contributed by atoms with Crippen LogP contribution >= 0.6 is 11.3 Å². The van der Waals surface area contributed by atoms with Gasteiger partial charge in [0.05, 0.1) is 0 Å². The van der Waals surface area contributed by atoms with Crippen LogP contribution in [0.2, 0.25) is 0 Å². The first-order valence-corrected chi connectivity index (χ1v) is 20.3. The minimum atomic E-state index is -0.0549. The highest BCUT2D eigenvalue weighted by molar-refractivity contribution is 7.26. The molecule has 0 bridgehead atoms. The summed E-state index contributed by atoms with van der Waals surface area (Å²) >= 11 is 1.78. The summed E-state index contributed by atoms with van der Waals surface area (Å²) in [6, 6.07) is 53.4. The molecule has 0 amide bonds. The zero-order chi connectivity index (χ0) is 38.6. The normalized spacial score (nSPS) is 15.8. The Morgan fingerprint density at radius 2 is 1.29 bits per heavy atom. The van der Waals surface area contributed by atoms with Crippen LogP contribution in [-0.2, 0) is 0 Å². The fourth-order valence-corrected chi connectivity index (χ4v) is 9.61. The zero-order valence-corrected chi connectivity index (χ0v) is 32.2. The molecule has 0 N–H and O–H groups in total. The van der Waals surface area contributed by atoms with Gasteiger partial charge in [-0.05, 0) is 75.0 Å². The van der Waals surface area contributed by atoms with Gasteiger partial charge in [0, 0.05) is 48.3 Å². The second-order valence-corrected chi connectivity index (χ2v) is 15.8. The summed E-state index contributed by atoms with van der Waals surface area (Å²) in [5.74, 6) is 2.97. The van der Waals surface area contributed by atoms with Gasteiger partial charge in [0.15, 0.2) is 17.5 Å². The molecule has 274 valence electrons. The third-order valence-corrected chi connectivity index (χ3v) is 12.4. The minimum Gasteiger partial charge on any atom is -0.485 e. The zero-order valence-electron chi connectivity index (χ0n) is 31.4. The Kier molecular flexibility index (Phi) is 8.26. The van der Waals surface area contributed by atoms with E-state index in [4.69, 9.17) is 19.7 Å². The maximum Gasteiger partial charge on any atom is 0.165 e. The van der Waals surface area contributed by atoms with Gasteiger partial charge in [0.25, 0.3) is 0 Å². The average molecular weight is 762 g/mol. The van der Waals surface area contributed by atoms with Crippen molar-refractivity contribution in [1.29, 1.82) is 0 Å². The van der Waals surface area contributed by atoms with Crippen LogP contribution in [0.4, 0.5) is 0 Å². The van der Waals surface area contributed by atoms with Crippen molar-refractivity contribution in [3.05, 3.63) is 205 Å². The number of hydrogen-bond donors (Lipinski definition) is 0. The predicted molar refractivity (Wildman–Crippen MR) is 242 cm³/mol. The van der Waals surface area contributed by atoms with E-state index in [1.165, 1.54) is 47.6 Å². The fourth-order valence-electron chi connectivity index (χ4n) is 8.40. The van der Waals surface area contributed by atoms with Gasteiger partial charge in [-0.3, -0.25) is 0 Å². The van der Waals surface area contributed by atoms with Gasteiger partial charge in [-0.25, -0.2) is 15.0 Å². The molecule has 58 heavy (non-hydrogen) atoms. The lowest BCUT2D eigenvalue weighted by atomic mass is 9.83. The molecule has 0 saturated heterocycles. The Balaban J connectivity index is 0.962. The van der Waals surface area contributed by atoms with E-state index >= 15 is 0 Å².